The lowest BCUT2D eigenvalue weighted by Crippen LogP contribution is -2.31. The van der Waals surface area contributed by atoms with Gasteiger partial charge in [-0.2, -0.15) is 0 Å². The van der Waals surface area contributed by atoms with Crippen molar-refractivity contribution >= 4 is 167 Å². The molecule has 18 aromatic rings. The molecule has 5 aliphatic carbocycles. The molecule has 0 N–H and O–H groups in total. The largest absolute Gasteiger partial charge is 0.453 e. The molecule has 1 spiro atoms. The number of halogens is 1. The van der Waals surface area contributed by atoms with Crippen molar-refractivity contribution < 1.29 is 13.6 Å². The number of carbonyl (C=O) groups excluding carboxylic acids is 1. The third-order valence-corrected chi connectivity index (χ3v) is 29.9. The van der Waals surface area contributed by atoms with Gasteiger partial charge in [0.2, 0.25) is 0 Å². The third kappa shape index (κ3) is 11.9. The lowest BCUT2D eigenvalue weighted by molar-refractivity contribution is 0.104. The van der Waals surface area contributed by atoms with Crippen LogP contribution in [0.25, 0.3) is 107 Å². The van der Waals surface area contributed by atoms with Crippen LogP contribution in [0, 0.1) is 0 Å². The number of hydrogen-bond donors (Lipinski definition) is 0. The molecule has 118 heavy (non-hydrogen) atoms. The van der Waals surface area contributed by atoms with Crippen molar-refractivity contribution in [3.05, 3.63) is 340 Å². The van der Waals surface area contributed by atoms with Gasteiger partial charge in [0.25, 0.3) is 0 Å². The van der Waals surface area contributed by atoms with Crippen molar-refractivity contribution in [3.8, 4) is 41.8 Å². The first kappa shape index (κ1) is 77.2. The number of para-hydroxylation sites is 3. The second-order valence-electron chi connectivity index (χ2n) is 36.2. The van der Waals surface area contributed by atoms with E-state index in [0.29, 0.717) is 0 Å². The van der Waals surface area contributed by atoms with Crippen LogP contribution in [0.4, 0.5) is 34.1 Å². The van der Waals surface area contributed by atoms with Crippen molar-refractivity contribution in [3.63, 3.8) is 0 Å². The van der Waals surface area contributed by atoms with Crippen molar-refractivity contribution in [2.75, 3.05) is 9.80 Å². The molecule has 5 nitrogen and oxygen atoms in total. The van der Waals surface area contributed by atoms with Gasteiger partial charge in [-0.15, -0.1) is 45.3 Å². The molecule has 0 atom stereocenters. The fourth-order valence-corrected chi connectivity index (χ4v) is 24.0. The van der Waals surface area contributed by atoms with Crippen LogP contribution in [0.3, 0.4) is 0 Å². The highest BCUT2D eigenvalue weighted by atomic mass is 79.9. The maximum absolute atomic E-state index is 11.6. The number of carbonyl (C=O) groups is 1. The molecular formula is C108H95BrN2O3S4. The summed E-state index contributed by atoms with van der Waals surface area (Å²) in [4.78, 5) is 21.5. The van der Waals surface area contributed by atoms with Crippen LogP contribution in [-0.4, -0.2) is 5.78 Å². The van der Waals surface area contributed by atoms with E-state index in [1.54, 1.807) is 22.7 Å². The van der Waals surface area contributed by atoms with E-state index < -0.39 is 5.41 Å². The number of hydrogen-bond acceptors (Lipinski definition) is 9. The molecule has 0 fully saturated rings. The van der Waals surface area contributed by atoms with Gasteiger partial charge in [-0.1, -0.05) is 259 Å². The number of fused-ring (bicyclic) bond motifs is 19. The average Bonchev–Trinajstić information content (AvgIpc) is 1.47. The molecule has 12 aromatic carbocycles. The van der Waals surface area contributed by atoms with Crippen LogP contribution in [0.15, 0.2) is 271 Å². The molecule has 6 aromatic heterocycles. The number of ketones is 1. The van der Waals surface area contributed by atoms with Gasteiger partial charge in [0.05, 0.1) is 26.5 Å². The van der Waals surface area contributed by atoms with E-state index in [1.165, 1.54) is 115 Å². The fraction of sp³-hybridized carbons (Fsp3) is 0.213. The Labute approximate surface area is 717 Å². The van der Waals surface area contributed by atoms with E-state index in [4.69, 9.17) is 8.83 Å². The summed E-state index contributed by atoms with van der Waals surface area (Å²) in [5, 5.41) is 18.7. The molecule has 6 heterocycles. The Balaban J connectivity index is 0.000000137. The maximum Gasteiger partial charge on any atom is 0.196 e. The third-order valence-electron chi connectivity index (χ3n) is 25.3. The molecule has 0 unspecified atom stereocenters. The van der Waals surface area contributed by atoms with Gasteiger partial charge in [0.15, 0.2) is 16.9 Å². The first-order chi connectivity index (χ1) is 55.9. The Morgan fingerprint density at radius 3 is 1.13 bits per heavy atom. The predicted octanol–water partition coefficient (Wildman–Crippen LogP) is 33.0. The molecule has 23 rings (SSSR count). The normalized spacial score (nSPS) is 13.8. The summed E-state index contributed by atoms with van der Waals surface area (Å²) in [6.45, 7) is 27.2. The lowest BCUT2D eigenvalue weighted by Gasteiger charge is -2.39. The maximum atomic E-state index is 11.6. The Bertz CT molecular complexity index is 6870. The van der Waals surface area contributed by atoms with Crippen molar-refractivity contribution in [2.45, 2.75) is 151 Å². The van der Waals surface area contributed by atoms with Crippen LogP contribution >= 0.6 is 61.3 Å². The van der Waals surface area contributed by atoms with Gasteiger partial charge in [0, 0.05) is 86.2 Å². The smallest absolute Gasteiger partial charge is 0.196 e. The second kappa shape index (κ2) is 28.2. The monoisotopic (exact) mass is 1670 g/mol. The minimum atomic E-state index is -0.404. The summed E-state index contributed by atoms with van der Waals surface area (Å²) in [6, 6.07) is 88.3. The van der Waals surface area contributed by atoms with Gasteiger partial charge >= 0.3 is 0 Å². The molecule has 0 saturated heterocycles. The zero-order valence-electron chi connectivity index (χ0n) is 67.3. The highest BCUT2D eigenvalue weighted by Gasteiger charge is 2.53. The van der Waals surface area contributed by atoms with E-state index in [-0.39, 0.29) is 42.3 Å². The van der Waals surface area contributed by atoms with Gasteiger partial charge in [-0.05, 0) is 254 Å². The second-order valence-corrected chi connectivity index (χ2v) is 40.7. The van der Waals surface area contributed by atoms with E-state index in [0.717, 1.165) is 135 Å². The van der Waals surface area contributed by atoms with Gasteiger partial charge in [-0.3, -0.25) is 4.79 Å². The number of rotatable bonds is 7. The molecule has 586 valence electrons. The van der Waals surface area contributed by atoms with Crippen molar-refractivity contribution in [2.24, 2.45) is 0 Å². The Morgan fingerprint density at radius 1 is 0.314 bits per heavy atom. The SMILES string of the molecule is C.C.CC(C)(C)c1ccc(N(c2ccc(C(C)(C)C)cc2)c2cccc3c2oc2c(-c4ccc5c6c(ccc(Br)c46)CC5)cccc23)cc1.CC(C)(C)c1ccc(N(c2ccc(C(C)(C)C)cc2)c2cccc3c2oc2c4c(ccc23)C2(c3ccsc3-c3sccc32)c2ccc3c5c(ccc-4c25)CC3)cc1.O=C1c2ccsc2-c2sccc21. The van der Waals surface area contributed by atoms with Crippen LogP contribution in [0.1, 0.15) is 181 Å². The van der Waals surface area contributed by atoms with Gasteiger partial charge in [0.1, 0.15) is 11.2 Å². The number of aryl methyl sites for hydroxylation is 4. The molecule has 10 heteroatoms. The summed E-state index contributed by atoms with van der Waals surface area (Å²) in [5.74, 6) is 0.197. The Hall–Kier alpha value is -10.7. The molecule has 0 amide bonds. The molecule has 0 bridgehead atoms. The lowest BCUT2D eigenvalue weighted by atomic mass is 9.61. The number of anilines is 6. The van der Waals surface area contributed by atoms with Crippen LogP contribution in [-0.2, 0) is 52.8 Å². The zero-order valence-corrected chi connectivity index (χ0v) is 72.1. The van der Waals surface area contributed by atoms with Crippen molar-refractivity contribution in [1.82, 2.24) is 0 Å². The highest BCUT2D eigenvalue weighted by molar-refractivity contribution is 9.10. The molecule has 5 aliphatic rings. The number of benzene rings is 12. The molecule has 0 saturated carbocycles. The first-order valence-electron chi connectivity index (χ1n) is 40.5. The quantitative estimate of drug-likeness (QED) is 0.159. The Kier molecular flexibility index (Phi) is 18.5. The fourth-order valence-electron chi connectivity index (χ4n) is 19.4. The summed E-state index contributed by atoms with van der Waals surface area (Å²) in [6.07, 6.45) is 4.41. The van der Waals surface area contributed by atoms with E-state index in [9.17, 15) is 4.79 Å². The minimum absolute atomic E-state index is 0. The standard InChI is InChI=1S/C53H43NOS2.C44H40BrNO.C9H4OS2.2CH4/c1-51(2,3)32-14-18-34(19-15-32)54(35-20-16-33(17-21-35)52(4,5)6)43-9-7-8-36-37-23-25-40-46(48(37)55-47(36)43)38-22-12-30-10-11-31-13-24-39(45(38)44(30)31)53(40)41-26-28-56-49(41)50-42(53)27-29-57-50;1-43(2,3)29-17-21-31(22-18-29)46(32-23-19-30(20-24-32)44(4,5)6)38-12-8-11-36-35-10-7-9-34(41(35)47-42(36)38)33-25-15-27-13-14-28-16-26-37(45)40(33)39(27)28;10-7-5-1-3-11-8(5)9-6(7)2-4-12-9;;/h7-9,12-29H,10-11H2,1-6H3;7-12,15-26H,13-14H2,1-6H3;1-4H;2*1H4. The number of nitrogens with zero attached hydrogens (tertiary/aromatic N) is 2. The average molecular weight is 1680 g/mol. The summed E-state index contributed by atoms with van der Waals surface area (Å²) in [7, 11) is 0. The van der Waals surface area contributed by atoms with Crippen LogP contribution in [0.2, 0.25) is 0 Å². The summed E-state index contributed by atoms with van der Waals surface area (Å²) in [5.41, 5.74) is 33.4. The number of thiophene rings is 4. The van der Waals surface area contributed by atoms with Crippen LogP contribution < -0.4 is 9.80 Å². The van der Waals surface area contributed by atoms with E-state index in [1.807, 2.05) is 45.6 Å². The molecule has 0 radical (unpaired) electrons. The van der Waals surface area contributed by atoms with Crippen molar-refractivity contribution in [1.29, 1.82) is 0 Å². The van der Waals surface area contributed by atoms with Gasteiger partial charge < -0.3 is 18.6 Å². The molecular weight excluding hydrogens is 1580 g/mol. The topological polar surface area (TPSA) is 49.8 Å². The molecule has 0 aliphatic heterocycles. The van der Waals surface area contributed by atoms with E-state index in [2.05, 4.69) is 344 Å². The van der Waals surface area contributed by atoms with E-state index >= 15 is 0 Å². The first-order valence-corrected chi connectivity index (χ1v) is 44.8. The predicted molar refractivity (Wildman–Crippen MR) is 511 cm³/mol. The summed E-state index contributed by atoms with van der Waals surface area (Å²) < 4.78 is 15.7. The number of furan rings is 2. The zero-order chi connectivity index (χ0) is 79.4. The highest BCUT2D eigenvalue weighted by Crippen LogP contribution is 2.66. The minimum Gasteiger partial charge on any atom is -0.453 e. The Morgan fingerprint density at radius 2 is 0.678 bits per heavy atom. The van der Waals surface area contributed by atoms with Gasteiger partial charge in [-0.25, -0.2) is 0 Å². The summed E-state index contributed by atoms with van der Waals surface area (Å²) >= 11 is 11.0. The van der Waals surface area contributed by atoms with Crippen LogP contribution in [0.5, 0.6) is 0 Å².